The van der Waals surface area contributed by atoms with Gasteiger partial charge in [0.25, 0.3) is 0 Å². The Hall–Kier alpha value is -1.39. The molecule has 1 aromatic rings. The van der Waals surface area contributed by atoms with Gasteiger partial charge in [-0.05, 0) is 102 Å². The Morgan fingerprint density at radius 1 is 0.818 bits per heavy atom. The number of primary amides is 1. The predicted molar refractivity (Wildman–Crippen MR) is 136 cm³/mol. The monoisotopic (exact) mass is 451 g/mol. The first kappa shape index (κ1) is 23.4. The van der Waals surface area contributed by atoms with Crippen LogP contribution in [-0.2, 0) is 10.8 Å². The van der Waals surface area contributed by atoms with Crippen molar-refractivity contribution in [3.05, 3.63) is 34.9 Å². The third-order valence-corrected chi connectivity index (χ3v) is 10.3. The molecule has 2 saturated carbocycles. The second-order valence-electron chi connectivity index (χ2n) is 11.4. The lowest BCUT2D eigenvalue weighted by molar-refractivity contribution is 0.0986. The molecule has 4 aliphatic rings. The molecule has 2 heterocycles. The van der Waals surface area contributed by atoms with Crippen LogP contribution in [0.4, 0.5) is 0 Å². The number of amides is 1. The molecule has 2 aliphatic carbocycles. The molecule has 182 valence electrons. The van der Waals surface area contributed by atoms with Crippen molar-refractivity contribution in [2.24, 2.45) is 5.73 Å². The number of hydrogen-bond acceptors (Lipinski definition) is 3. The highest BCUT2D eigenvalue weighted by Crippen LogP contribution is 2.53. The van der Waals surface area contributed by atoms with E-state index in [0.29, 0.717) is 12.1 Å². The Labute approximate surface area is 201 Å². The van der Waals surface area contributed by atoms with Crippen LogP contribution < -0.4 is 5.73 Å². The van der Waals surface area contributed by atoms with Gasteiger partial charge >= 0.3 is 0 Å². The number of carbonyl (C=O) groups is 1. The van der Waals surface area contributed by atoms with Gasteiger partial charge in [0.2, 0.25) is 5.91 Å². The van der Waals surface area contributed by atoms with E-state index in [1.165, 1.54) is 102 Å². The fourth-order valence-electron chi connectivity index (χ4n) is 8.76. The van der Waals surface area contributed by atoms with Crippen LogP contribution in [0.25, 0.3) is 0 Å². The van der Waals surface area contributed by atoms with Crippen molar-refractivity contribution in [2.75, 3.05) is 26.2 Å². The van der Waals surface area contributed by atoms with Crippen molar-refractivity contribution in [1.29, 1.82) is 0 Å². The van der Waals surface area contributed by atoms with E-state index in [1.54, 1.807) is 0 Å². The summed E-state index contributed by atoms with van der Waals surface area (Å²) in [5, 5.41) is 0. The molecular weight excluding hydrogens is 406 g/mol. The Bertz CT molecular complexity index is 796. The summed E-state index contributed by atoms with van der Waals surface area (Å²) in [7, 11) is 0. The van der Waals surface area contributed by atoms with E-state index in [2.05, 4.69) is 41.8 Å². The SMILES string of the molecule is CCC1(c2cccc(C3(CC)CCCC3N3CCCC3)c2C(N)=O)CCCC1N1CCCC1. The van der Waals surface area contributed by atoms with Gasteiger partial charge in [0.15, 0.2) is 0 Å². The van der Waals surface area contributed by atoms with Crippen LogP contribution in [0.3, 0.4) is 0 Å². The quantitative estimate of drug-likeness (QED) is 0.606. The average Bonchev–Trinajstić information content (AvgIpc) is 3.63. The zero-order chi connectivity index (χ0) is 23.1. The van der Waals surface area contributed by atoms with Gasteiger partial charge in [0.05, 0.1) is 0 Å². The number of nitrogens with zero attached hydrogens (tertiary/aromatic N) is 2. The summed E-state index contributed by atoms with van der Waals surface area (Å²) in [6.07, 6.45) is 14.8. The molecule has 2 saturated heterocycles. The van der Waals surface area contributed by atoms with Gasteiger partial charge in [0.1, 0.15) is 0 Å². The molecule has 0 aromatic heterocycles. The van der Waals surface area contributed by atoms with Crippen LogP contribution in [0, 0.1) is 0 Å². The standard InChI is InChI=1S/C29H45N3O/c1-3-28(16-10-14-24(28)31-18-5-6-19-31)22-12-9-13-23(26(22)27(30)33)29(4-2)17-11-15-25(29)32-20-7-8-21-32/h9,12-13,24-25H,3-8,10-11,14-21H2,1-2H3,(H2,30,33). The van der Waals surface area contributed by atoms with Crippen molar-refractivity contribution in [1.82, 2.24) is 9.80 Å². The topological polar surface area (TPSA) is 49.6 Å². The summed E-state index contributed by atoms with van der Waals surface area (Å²) < 4.78 is 0. The number of hydrogen-bond donors (Lipinski definition) is 1. The van der Waals surface area contributed by atoms with E-state index in [1.807, 2.05) is 0 Å². The van der Waals surface area contributed by atoms with Crippen LogP contribution in [0.15, 0.2) is 18.2 Å². The smallest absolute Gasteiger partial charge is 0.249 e. The molecule has 4 fully saturated rings. The van der Waals surface area contributed by atoms with Crippen LogP contribution in [-0.4, -0.2) is 54.0 Å². The van der Waals surface area contributed by atoms with E-state index < -0.39 is 0 Å². The number of benzene rings is 1. The number of rotatable bonds is 7. The Kier molecular flexibility index (Phi) is 6.61. The molecule has 4 nitrogen and oxygen atoms in total. The van der Waals surface area contributed by atoms with Gasteiger partial charge < -0.3 is 5.73 Å². The second-order valence-corrected chi connectivity index (χ2v) is 11.4. The van der Waals surface area contributed by atoms with Crippen LogP contribution in [0.2, 0.25) is 0 Å². The molecule has 2 N–H and O–H groups in total. The summed E-state index contributed by atoms with van der Waals surface area (Å²) in [6, 6.07) is 7.93. The maximum Gasteiger partial charge on any atom is 0.249 e. The Morgan fingerprint density at radius 2 is 1.24 bits per heavy atom. The Morgan fingerprint density at radius 3 is 1.61 bits per heavy atom. The van der Waals surface area contributed by atoms with Crippen molar-refractivity contribution in [3.8, 4) is 0 Å². The molecule has 0 bridgehead atoms. The van der Waals surface area contributed by atoms with Gasteiger partial charge in [-0.1, -0.05) is 44.9 Å². The maximum absolute atomic E-state index is 13.3. The van der Waals surface area contributed by atoms with Gasteiger partial charge in [0, 0.05) is 28.5 Å². The first-order chi connectivity index (χ1) is 16.1. The first-order valence-corrected chi connectivity index (χ1v) is 14.0. The minimum Gasteiger partial charge on any atom is -0.366 e. The van der Waals surface area contributed by atoms with Gasteiger partial charge in [-0.25, -0.2) is 0 Å². The van der Waals surface area contributed by atoms with Gasteiger partial charge in [-0.3, -0.25) is 14.6 Å². The largest absolute Gasteiger partial charge is 0.366 e. The zero-order valence-corrected chi connectivity index (χ0v) is 21.1. The third-order valence-electron chi connectivity index (χ3n) is 10.3. The fourth-order valence-corrected chi connectivity index (χ4v) is 8.76. The minimum absolute atomic E-state index is 0.0569. The minimum atomic E-state index is -0.194. The van der Waals surface area contributed by atoms with Gasteiger partial charge in [-0.2, -0.15) is 0 Å². The fraction of sp³-hybridized carbons (Fsp3) is 0.759. The molecule has 1 aromatic carbocycles. The molecule has 0 spiro atoms. The molecule has 4 heteroatoms. The summed E-state index contributed by atoms with van der Waals surface area (Å²) in [5.74, 6) is -0.194. The summed E-state index contributed by atoms with van der Waals surface area (Å²) in [4.78, 5) is 18.8. The second kappa shape index (κ2) is 9.34. The normalized spacial score (nSPS) is 35.6. The molecular formula is C29H45N3O. The molecule has 4 atom stereocenters. The molecule has 4 unspecified atom stereocenters. The predicted octanol–water partition coefficient (Wildman–Crippen LogP) is 5.38. The Balaban J connectivity index is 1.64. The van der Waals surface area contributed by atoms with Crippen molar-refractivity contribution in [3.63, 3.8) is 0 Å². The maximum atomic E-state index is 13.3. The highest BCUT2D eigenvalue weighted by molar-refractivity contribution is 5.97. The molecule has 0 radical (unpaired) electrons. The highest BCUT2D eigenvalue weighted by Gasteiger charge is 2.51. The third kappa shape index (κ3) is 3.67. The number of likely N-dealkylation sites (tertiary alicyclic amines) is 2. The first-order valence-electron chi connectivity index (χ1n) is 14.0. The van der Waals surface area contributed by atoms with Crippen LogP contribution in [0.5, 0.6) is 0 Å². The van der Waals surface area contributed by atoms with E-state index >= 15 is 0 Å². The average molecular weight is 452 g/mol. The van der Waals surface area contributed by atoms with E-state index in [9.17, 15) is 4.79 Å². The number of carbonyl (C=O) groups excluding carboxylic acids is 1. The molecule has 33 heavy (non-hydrogen) atoms. The van der Waals surface area contributed by atoms with Crippen molar-refractivity contribution < 1.29 is 4.79 Å². The van der Waals surface area contributed by atoms with E-state index in [-0.39, 0.29) is 16.7 Å². The molecule has 5 rings (SSSR count). The van der Waals surface area contributed by atoms with Crippen molar-refractivity contribution in [2.45, 2.75) is 114 Å². The lowest BCUT2D eigenvalue weighted by Crippen LogP contribution is -2.49. The lowest BCUT2D eigenvalue weighted by atomic mass is 9.66. The highest BCUT2D eigenvalue weighted by atomic mass is 16.1. The van der Waals surface area contributed by atoms with Crippen molar-refractivity contribution >= 4 is 5.91 Å². The van der Waals surface area contributed by atoms with E-state index in [4.69, 9.17) is 5.73 Å². The summed E-state index contributed by atoms with van der Waals surface area (Å²) >= 11 is 0. The van der Waals surface area contributed by atoms with E-state index in [0.717, 1.165) is 18.4 Å². The lowest BCUT2D eigenvalue weighted by Gasteiger charge is -2.45. The molecule has 1 amide bonds. The number of nitrogens with two attached hydrogens (primary N) is 1. The zero-order valence-electron chi connectivity index (χ0n) is 21.1. The summed E-state index contributed by atoms with van der Waals surface area (Å²) in [5.41, 5.74) is 9.89. The molecule has 2 aliphatic heterocycles. The van der Waals surface area contributed by atoms with Gasteiger partial charge in [-0.15, -0.1) is 0 Å². The summed E-state index contributed by atoms with van der Waals surface area (Å²) in [6.45, 7) is 9.57. The van der Waals surface area contributed by atoms with Crippen LogP contribution >= 0.6 is 0 Å². The van der Waals surface area contributed by atoms with Crippen LogP contribution in [0.1, 0.15) is 112 Å².